The summed E-state index contributed by atoms with van der Waals surface area (Å²) in [5, 5.41) is 3.45. The average Bonchev–Trinajstić information content (AvgIpc) is 2.26. The molecule has 0 radical (unpaired) electrons. The molecule has 1 atom stereocenters. The minimum atomic E-state index is 0.105. The van der Waals surface area contributed by atoms with E-state index in [4.69, 9.17) is 4.74 Å². The van der Waals surface area contributed by atoms with Crippen molar-refractivity contribution in [2.75, 3.05) is 13.1 Å². The summed E-state index contributed by atoms with van der Waals surface area (Å²) in [5.74, 6) is 1.70. The zero-order chi connectivity index (χ0) is 15.3. The van der Waals surface area contributed by atoms with Crippen LogP contribution >= 0.6 is 0 Å². The maximum Gasteiger partial charge on any atom is 0.123 e. The first-order valence-corrected chi connectivity index (χ1v) is 7.68. The highest BCUT2D eigenvalue weighted by atomic mass is 16.5. The summed E-state index contributed by atoms with van der Waals surface area (Å²) in [7, 11) is 0. The first-order valence-electron chi connectivity index (χ1n) is 7.68. The van der Waals surface area contributed by atoms with E-state index in [1.807, 2.05) is 0 Å². The normalized spacial score (nSPS) is 13.6. The second-order valence-corrected chi connectivity index (χ2v) is 7.23. The SMILES string of the molecule is Cc1ccc(C(C)(C)C)c(OC(C)CNCC(C)C)c1. The number of nitrogens with one attached hydrogen (secondary N) is 1. The Hall–Kier alpha value is -1.02. The number of hydrogen-bond donors (Lipinski definition) is 1. The van der Waals surface area contributed by atoms with E-state index in [9.17, 15) is 0 Å². The van der Waals surface area contributed by atoms with Gasteiger partial charge in [-0.25, -0.2) is 0 Å². The van der Waals surface area contributed by atoms with Gasteiger partial charge in [0.15, 0.2) is 0 Å². The van der Waals surface area contributed by atoms with E-state index in [0.717, 1.165) is 18.8 Å². The molecule has 0 bridgehead atoms. The lowest BCUT2D eigenvalue weighted by atomic mass is 9.86. The highest BCUT2D eigenvalue weighted by molar-refractivity contribution is 5.41. The van der Waals surface area contributed by atoms with Crippen LogP contribution in [-0.4, -0.2) is 19.2 Å². The van der Waals surface area contributed by atoms with Crippen molar-refractivity contribution < 1.29 is 4.74 Å². The Morgan fingerprint density at radius 2 is 1.75 bits per heavy atom. The van der Waals surface area contributed by atoms with Crippen LogP contribution in [0.25, 0.3) is 0 Å². The summed E-state index contributed by atoms with van der Waals surface area (Å²) in [6, 6.07) is 6.51. The number of hydrogen-bond acceptors (Lipinski definition) is 2. The molecule has 0 aliphatic heterocycles. The predicted octanol–water partition coefficient (Wildman–Crippen LogP) is 4.31. The fourth-order valence-corrected chi connectivity index (χ4v) is 2.18. The van der Waals surface area contributed by atoms with Crippen molar-refractivity contribution in [3.8, 4) is 5.75 Å². The van der Waals surface area contributed by atoms with E-state index in [2.05, 4.69) is 72.0 Å². The highest BCUT2D eigenvalue weighted by Gasteiger charge is 2.20. The van der Waals surface area contributed by atoms with Gasteiger partial charge in [-0.15, -0.1) is 0 Å². The number of benzene rings is 1. The Morgan fingerprint density at radius 1 is 1.10 bits per heavy atom. The second kappa shape index (κ2) is 7.12. The minimum Gasteiger partial charge on any atom is -0.489 e. The Morgan fingerprint density at radius 3 is 2.30 bits per heavy atom. The van der Waals surface area contributed by atoms with Crippen LogP contribution in [-0.2, 0) is 5.41 Å². The van der Waals surface area contributed by atoms with Gasteiger partial charge in [-0.05, 0) is 48.9 Å². The summed E-state index contributed by atoms with van der Waals surface area (Å²) < 4.78 is 6.17. The molecule has 114 valence electrons. The van der Waals surface area contributed by atoms with Gasteiger partial charge in [0.25, 0.3) is 0 Å². The molecule has 20 heavy (non-hydrogen) atoms. The van der Waals surface area contributed by atoms with Crippen molar-refractivity contribution in [3.63, 3.8) is 0 Å². The highest BCUT2D eigenvalue weighted by Crippen LogP contribution is 2.32. The van der Waals surface area contributed by atoms with Crippen LogP contribution < -0.4 is 10.1 Å². The van der Waals surface area contributed by atoms with Crippen LogP contribution in [0, 0.1) is 12.8 Å². The van der Waals surface area contributed by atoms with Crippen LogP contribution in [0.5, 0.6) is 5.75 Å². The molecule has 0 amide bonds. The van der Waals surface area contributed by atoms with Gasteiger partial charge in [-0.2, -0.15) is 0 Å². The maximum absolute atomic E-state index is 6.17. The van der Waals surface area contributed by atoms with E-state index in [1.165, 1.54) is 11.1 Å². The van der Waals surface area contributed by atoms with Gasteiger partial charge >= 0.3 is 0 Å². The van der Waals surface area contributed by atoms with Crippen molar-refractivity contribution in [3.05, 3.63) is 29.3 Å². The third kappa shape index (κ3) is 5.54. The lowest BCUT2D eigenvalue weighted by Crippen LogP contribution is -2.32. The molecule has 1 aromatic rings. The van der Waals surface area contributed by atoms with E-state index in [0.29, 0.717) is 5.92 Å². The second-order valence-electron chi connectivity index (χ2n) is 7.23. The molecule has 0 aliphatic rings. The molecule has 0 saturated carbocycles. The summed E-state index contributed by atoms with van der Waals surface area (Å²) >= 11 is 0. The Kier molecular flexibility index (Phi) is 6.07. The summed E-state index contributed by atoms with van der Waals surface area (Å²) in [4.78, 5) is 0. The molecule has 2 heteroatoms. The predicted molar refractivity (Wildman–Crippen MR) is 87.7 cm³/mol. The van der Waals surface area contributed by atoms with Crippen molar-refractivity contribution in [1.82, 2.24) is 5.32 Å². The van der Waals surface area contributed by atoms with Crippen LogP contribution in [0.15, 0.2) is 18.2 Å². The molecule has 0 spiro atoms. The molecule has 0 fully saturated rings. The van der Waals surface area contributed by atoms with E-state index >= 15 is 0 Å². The molecular formula is C18H31NO. The molecule has 0 heterocycles. The Labute approximate surface area is 124 Å². The zero-order valence-corrected chi connectivity index (χ0v) is 14.2. The molecule has 1 N–H and O–H groups in total. The summed E-state index contributed by atoms with van der Waals surface area (Å²) in [6.45, 7) is 17.3. The van der Waals surface area contributed by atoms with E-state index < -0.39 is 0 Å². The minimum absolute atomic E-state index is 0.105. The fraction of sp³-hybridized carbons (Fsp3) is 0.667. The molecule has 2 nitrogen and oxygen atoms in total. The van der Waals surface area contributed by atoms with Crippen LogP contribution in [0.4, 0.5) is 0 Å². The molecule has 0 aromatic heterocycles. The van der Waals surface area contributed by atoms with Crippen LogP contribution in [0.3, 0.4) is 0 Å². The average molecular weight is 277 g/mol. The lowest BCUT2D eigenvalue weighted by Gasteiger charge is -2.25. The summed E-state index contributed by atoms with van der Waals surface area (Å²) in [6.07, 6.45) is 0.177. The number of aryl methyl sites for hydroxylation is 1. The van der Waals surface area contributed by atoms with Gasteiger partial charge in [0.1, 0.15) is 11.9 Å². The van der Waals surface area contributed by atoms with Crippen LogP contribution in [0.1, 0.15) is 52.7 Å². The van der Waals surface area contributed by atoms with Gasteiger partial charge in [0.05, 0.1) is 0 Å². The quantitative estimate of drug-likeness (QED) is 0.837. The Bertz CT molecular complexity index is 418. The molecule has 1 aromatic carbocycles. The van der Waals surface area contributed by atoms with Crippen molar-refractivity contribution in [2.24, 2.45) is 5.92 Å². The third-order valence-corrected chi connectivity index (χ3v) is 3.26. The smallest absolute Gasteiger partial charge is 0.123 e. The van der Waals surface area contributed by atoms with Gasteiger partial charge in [0, 0.05) is 6.54 Å². The number of ether oxygens (including phenoxy) is 1. The maximum atomic E-state index is 6.17. The zero-order valence-electron chi connectivity index (χ0n) is 14.2. The molecular weight excluding hydrogens is 246 g/mol. The van der Waals surface area contributed by atoms with Gasteiger partial charge in [-0.3, -0.25) is 0 Å². The topological polar surface area (TPSA) is 21.3 Å². The molecule has 0 saturated heterocycles. The summed E-state index contributed by atoms with van der Waals surface area (Å²) in [5.41, 5.74) is 2.63. The fourth-order valence-electron chi connectivity index (χ4n) is 2.18. The van der Waals surface area contributed by atoms with Crippen molar-refractivity contribution in [1.29, 1.82) is 0 Å². The first-order chi connectivity index (χ1) is 9.20. The molecule has 0 aliphatic carbocycles. The van der Waals surface area contributed by atoms with Gasteiger partial charge in [-0.1, -0.05) is 46.8 Å². The van der Waals surface area contributed by atoms with Gasteiger partial charge < -0.3 is 10.1 Å². The largest absolute Gasteiger partial charge is 0.489 e. The number of rotatable bonds is 6. The standard InChI is InChI=1S/C18H31NO/c1-13(2)11-19-12-15(4)20-17-10-14(3)8-9-16(17)18(5,6)7/h8-10,13,15,19H,11-12H2,1-7H3. The van der Waals surface area contributed by atoms with Crippen molar-refractivity contribution in [2.45, 2.75) is 60.0 Å². The first kappa shape index (κ1) is 17.0. The van der Waals surface area contributed by atoms with Crippen LogP contribution in [0.2, 0.25) is 0 Å². The third-order valence-electron chi connectivity index (χ3n) is 3.26. The Balaban J connectivity index is 2.73. The van der Waals surface area contributed by atoms with E-state index in [-0.39, 0.29) is 11.5 Å². The lowest BCUT2D eigenvalue weighted by molar-refractivity contribution is 0.211. The van der Waals surface area contributed by atoms with Crippen molar-refractivity contribution >= 4 is 0 Å². The molecule has 1 rings (SSSR count). The monoisotopic (exact) mass is 277 g/mol. The van der Waals surface area contributed by atoms with E-state index in [1.54, 1.807) is 0 Å². The van der Waals surface area contributed by atoms with Gasteiger partial charge in [0.2, 0.25) is 0 Å². The molecule has 1 unspecified atom stereocenters.